The summed E-state index contributed by atoms with van der Waals surface area (Å²) >= 11 is 0. The van der Waals surface area contributed by atoms with Crippen LogP contribution in [0.25, 0.3) is 17.2 Å². The van der Waals surface area contributed by atoms with E-state index in [2.05, 4.69) is 20.4 Å². The van der Waals surface area contributed by atoms with E-state index in [4.69, 9.17) is 0 Å². The van der Waals surface area contributed by atoms with Crippen LogP contribution < -0.4 is 5.32 Å². The average molecular weight is 385 g/mol. The minimum absolute atomic E-state index is 0.0781. The van der Waals surface area contributed by atoms with Crippen molar-refractivity contribution in [2.24, 2.45) is 0 Å². The molecule has 1 N–H and O–H groups in total. The molecule has 0 aliphatic carbocycles. The summed E-state index contributed by atoms with van der Waals surface area (Å²) in [6.07, 6.45) is 0.231. The van der Waals surface area contributed by atoms with Gasteiger partial charge in [-0.05, 0) is 45.4 Å². The number of carbonyl (C=O) groups excluding carboxylic acids is 1. The van der Waals surface area contributed by atoms with Crippen LogP contribution in [-0.2, 0) is 11.2 Å². The lowest BCUT2D eigenvalue weighted by molar-refractivity contribution is -0.115. The molecule has 0 atom stereocenters. The van der Waals surface area contributed by atoms with Gasteiger partial charge in [-0.25, -0.2) is 9.50 Å². The summed E-state index contributed by atoms with van der Waals surface area (Å²) in [5.41, 5.74) is 6.48. The van der Waals surface area contributed by atoms with Gasteiger partial charge in [-0.1, -0.05) is 42.0 Å². The van der Waals surface area contributed by atoms with Crippen molar-refractivity contribution in [3.63, 3.8) is 0 Å². The van der Waals surface area contributed by atoms with Gasteiger partial charge in [0.1, 0.15) is 0 Å². The lowest BCUT2D eigenvalue weighted by Crippen LogP contribution is -2.18. The van der Waals surface area contributed by atoms with Crippen molar-refractivity contribution in [2.75, 3.05) is 5.32 Å². The number of fused-ring (bicyclic) bond motifs is 1. The second-order valence-electron chi connectivity index (χ2n) is 7.32. The van der Waals surface area contributed by atoms with Gasteiger partial charge in [0.15, 0.2) is 5.82 Å². The number of hydrogen-bond donors (Lipinski definition) is 1. The van der Waals surface area contributed by atoms with E-state index in [1.54, 1.807) is 4.52 Å². The number of aryl methyl sites for hydroxylation is 4. The first-order valence-corrected chi connectivity index (χ1v) is 9.58. The molecule has 0 saturated carbocycles. The predicted octanol–water partition coefficient (Wildman–Crippen LogP) is 4.21. The van der Waals surface area contributed by atoms with Gasteiger partial charge in [0, 0.05) is 28.2 Å². The Morgan fingerprint density at radius 2 is 1.79 bits per heavy atom. The van der Waals surface area contributed by atoms with Crippen LogP contribution in [0.15, 0.2) is 48.5 Å². The Bertz CT molecular complexity index is 1230. The summed E-state index contributed by atoms with van der Waals surface area (Å²) in [5, 5.41) is 7.63. The number of nitrogens with one attached hydrogen (secondary N) is 1. The first-order chi connectivity index (χ1) is 13.9. The highest BCUT2D eigenvalue weighted by atomic mass is 16.1. The topological polar surface area (TPSA) is 72.2 Å². The van der Waals surface area contributed by atoms with Gasteiger partial charge in [0.2, 0.25) is 5.91 Å². The number of nitrogens with zero attached hydrogens (tertiary/aromatic N) is 4. The highest BCUT2D eigenvalue weighted by Gasteiger charge is 2.17. The van der Waals surface area contributed by atoms with E-state index in [0.29, 0.717) is 11.6 Å². The molecule has 2 aromatic heterocycles. The van der Waals surface area contributed by atoms with Crippen molar-refractivity contribution in [3.05, 3.63) is 76.6 Å². The highest BCUT2D eigenvalue weighted by Crippen LogP contribution is 2.21. The van der Waals surface area contributed by atoms with Crippen molar-refractivity contribution >= 4 is 17.4 Å². The third-order valence-corrected chi connectivity index (χ3v) is 5.08. The van der Waals surface area contributed by atoms with Crippen molar-refractivity contribution in [2.45, 2.75) is 34.1 Å². The SMILES string of the molecule is Cc1cccc(-c2nc3nc(C)c(CC(=O)Nc4ccccc4C)c(C)n3n2)c1. The summed E-state index contributed by atoms with van der Waals surface area (Å²) in [4.78, 5) is 21.8. The molecule has 0 bridgehead atoms. The zero-order valence-electron chi connectivity index (χ0n) is 17.0. The zero-order chi connectivity index (χ0) is 20.5. The first-order valence-electron chi connectivity index (χ1n) is 9.58. The van der Waals surface area contributed by atoms with E-state index in [1.807, 2.05) is 76.2 Å². The standard InChI is InChI=1S/C23H23N5O/c1-14-8-7-10-18(12-14)22-26-23-24-16(3)19(17(4)28(23)27-22)13-21(29)25-20-11-6-5-9-15(20)2/h5-12H,13H2,1-4H3,(H,25,29). The van der Waals surface area contributed by atoms with Gasteiger partial charge in [-0.15, -0.1) is 5.10 Å². The molecule has 29 heavy (non-hydrogen) atoms. The second kappa shape index (κ2) is 7.47. The molecule has 6 heteroatoms. The number of rotatable bonds is 4. The molecule has 2 heterocycles. The van der Waals surface area contributed by atoms with E-state index >= 15 is 0 Å². The Kier molecular flexibility index (Phi) is 4.84. The lowest BCUT2D eigenvalue weighted by Gasteiger charge is -2.12. The average Bonchev–Trinajstić information content (AvgIpc) is 3.11. The molecule has 6 nitrogen and oxygen atoms in total. The molecule has 0 fully saturated rings. The van der Waals surface area contributed by atoms with Crippen LogP contribution >= 0.6 is 0 Å². The summed E-state index contributed by atoms with van der Waals surface area (Å²) < 4.78 is 1.72. The molecule has 1 amide bonds. The molecule has 0 aliphatic rings. The smallest absolute Gasteiger partial charge is 0.253 e. The number of benzene rings is 2. The molecule has 0 aliphatic heterocycles. The monoisotopic (exact) mass is 385 g/mol. The molecule has 4 rings (SSSR count). The molecule has 0 spiro atoms. The maximum absolute atomic E-state index is 12.7. The molecule has 0 saturated heterocycles. The number of amides is 1. The molecule has 0 unspecified atom stereocenters. The highest BCUT2D eigenvalue weighted by molar-refractivity contribution is 5.93. The largest absolute Gasteiger partial charge is 0.326 e. The molecule has 2 aromatic carbocycles. The third kappa shape index (κ3) is 3.74. The van der Waals surface area contributed by atoms with Gasteiger partial charge in [0.25, 0.3) is 5.78 Å². The zero-order valence-corrected chi connectivity index (χ0v) is 17.0. The van der Waals surface area contributed by atoms with Crippen molar-refractivity contribution in [1.82, 2.24) is 19.6 Å². The Hall–Kier alpha value is -3.54. The number of para-hydroxylation sites is 1. The van der Waals surface area contributed by atoms with Gasteiger partial charge in [0.05, 0.1) is 6.42 Å². The minimum atomic E-state index is -0.0781. The molecular weight excluding hydrogens is 362 g/mol. The lowest BCUT2D eigenvalue weighted by atomic mass is 10.1. The van der Waals surface area contributed by atoms with Gasteiger partial charge in [-0.3, -0.25) is 4.79 Å². The van der Waals surface area contributed by atoms with E-state index in [1.165, 1.54) is 0 Å². The van der Waals surface area contributed by atoms with Crippen LogP contribution in [0.1, 0.15) is 28.1 Å². The second-order valence-corrected chi connectivity index (χ2v) is 7.32. The maximum atomic E-state index is 12.7. The van der Waals surface area contributed by atoms with E-state index in [-0.39, 0.29) is 12.3 Å². The van der Waals surface area contributed by atoms with Crippen LogP contribution in [0.2, 0.25) is 0 Å². The van der Waals surface area contributed by atoms with E-state index < -0.39 is 0 Å². The maximum Gasteiger partial charge on any atom is 0.253 e. The Morgan fingerprint density at radius 3 is 2.55 bits per heavy atom. The van der Waals surface area contributed by atoms with E-state index in [0.717, 1.165) is 39.3 Å². The van der Waals surface area contributed by atoms with E-state index in [9.17, 15) is 4.79 Å². The Labute approximate surface area is 169 Å². The summed E-state index contributed by atoms with van der Waals surface area (Å²) in [7, 11) is 0. The minimum Gasteiger partial charge on any atom is -0.326 e. The molecule has 146 valence electrons. The third-order valence-electron chi connectivity index (χ3n) is 5.08. The van der Waals surface area contributed by atoms with Crippen LogP contribution in [0.3, 0.4) is 0 Å². The summed E-state index contributed by atoms with van der Waals surface area (Å²) in [6, 6.07) is 15.8. The number of aromatic nitrogens is 4. The van der Waals surface area contributed by atoms with Crippen molar-refractivity contribution in [1.29, 1.82) is 0 Å². The fourth-order valence-electron chi connectivity index (χ4n) is 3.44. The number of hydrogen-bond acceptors (Lipinski definition) is 4. The number of carbonyl (C=O) groups is 1. The van der Waals surface area contributed by atoms with Crippen LogP contribution in [0.4, 0.5) is 5.69 Å². The number of anilines is 1. The molecular formula is C23H23N5O. The van der Waals surface area contributed by atoms with Crippen molar-refractivity contribution in [3.8, 4) is 11.4 Å². The van der Waals surface area contributed by atoms with Gasteiger partial charge >= 0.3 is 0 Å². The molecule has 0 radical (unpaired) electrons. The Morgan fingerprint density at radius 1 is 1.00 bits per heavy atom. The van der Waals surface area contributed by atoms with Crippen LogP contribution in [0, 0.1) is 27.7 Å². The fourth-order valence-corrected chi connectivity index (χ4v) is 3.44. The summed E-state index contributed by atoms with van der Waals surface area (Å²) in [5.74, 6) is 1.09. The van der Waals surface area contributed by atoms with Crippen molar-refractivity contribution < 1.29 is 4.79 Å². The Balaban J connectivity index is 1.66. The van der Waals surface area contributed by atoms with Crippen LogP contribution in [-0.4, -0.2) is 25.5 Å². The summed E-state index contributed by atoms with van der Waals surface area (Å²) in [6.45, 7) is 7.87. The fraction of sp³-hybridized carbons (Fsp3) is 0.217. The van der Waals surface area contributed by atoms with Gasteiger partial charge in [-0.2, -0.15) is 4.98 Å². The van der Waals surface area contributed by atoms with Crippen LogP contribution in [0.5, 0.6) is 0 Å². The van der Waals surface area contributed by atoms with Gasteiger partial charge < -0.3 is 5.32 Å². The quantitative estimate of drug-likeness (QED) is 0.571. The normalized spacial score (nSPS) is 11.0. The molecule has 4 aromatic rings. The predicted molar refractivity (Wildman–Crippen MR) is 114 cm³/mol. The first kappa shape index (κ1) is 18.8.